The highest BCUT2D eigenvalue weighted by atomic mass is 35.5. The average Bonchev–Trinajstić information content (AvgIpc) is 3.86. The van der Waals surface area contributed by atoms with Crippen LogP contribution in [-0.2, 0) is 4.79 Å². The lowest BCUT2D eigenvalue weighted by atomic mass is 10.1. The Kier molecular flexibility index (Phi) is 8.84. The second-order valence-corrected chi connectivity index (χ2v) is 12.9. The number of likely N-dealkylation sites (tertiary alicyclic amines) is 1. The van der Waals surface area contributed by atoms with Gasteiger partial charge in [-0.2, -0.15) is 4.68 Å². The standard InChI is InChI=1S/C30H33Cl2N7OS/c31-24-17-21(9-10-30(11-12-30)20-33-13-16-38-14-1-2-15-38)3-7-26(24)34-28(40)19-41-29-35-36-37-39(29)27-8-6-23(18-25(27)32)22-4-5-22/h3,6-8,17-18,22,33H,1-2,4-5,11-16,19-20H2,(H,34,40). The summed E-state index contributed by atoms with van der Waals surface area (Å²) in [5, 5.41) is 19.9. The van der Waals surface area contributed by atoms with Crippen molar-refractivity contribution in [1.29, 1.82) is 0 Å². The molecule has 1 amide bonds. The van der Waals surface area contributed by atoms with Crippen LogP contribution in [0.15, 0.2) is 41.6 Å². The monoisotopic (exact) mass is 609 g/mol. The Labute approximate surface area is 254 Å². The molecule has 2 N–H and O–H groups in total. The fourth-order valence-electron chi connectivity index (χ4n) is 5.07. The summed E-state index contributed by atoms with van der Waals surface area (Å²) in [5.74, 6) is 7.27. The molecule has 2 heterocycles. The SMILES string of the molecule is O=C(CSc1nnnn1-c1ccc(C2CC2)cc1Cl)Nc1ccc(C#CC2(CNCCN3CCCC3)CC2)cc1Cl. The summed E-state index contributed by atoms with van der Waals surface area (Å²) in [6.07, 6.45) is 7.30. The average molecular weight is 611 g/mol. The smallest absolute Gasteiger partial charge is 0.234 e. The number of benzene rings is 2. The van der Waals surface area contributed by atoms with Crippen molar-refractivity contribution in [3.63, 3.8) is 0 Å². The minimum atomic E-state index is -0.211. The van der Waals surface area contributed by atoms with Gasteiger partial charge in [0.1, 0.15) is 0 Å². The van der Waals surface area contributed by atoms with Gasteiger partial charge in [0.25, 0.3) is 0 Å². The largest absolute Gasteiger partial charge is 0.324 e. The maximum atomic E-state index is 12.7. The third-order valence-corrected chi connectivity index (χ3v) is 9.39. The van der Waals surface area contributed by atoms with Crippen LogP contribution in [-0.4, -0.2) is 69.5 Å². The number of tetrazole rings is 1. The summed E-state index contributed by atoms with van der Waals surface area (Å²) in [6, 6.07) is 11.5. The van der Waals surface area contributed by atoms with Gasteiger partial charge in [-0.05, 0) is 104 Å². The number of anilines is 1. The van der Waals surface area contributed by atoms with E-state index >= 15 is 0 Å². The summed E-state index contributed by atoms with van der Waals surface area (Å²) >= 11 is 14.3. The zero-order chi connectivity index (χ0) is 28.2. The molecule has 1 saturated heterocycles. The van der Waals surface area contributed by atoms with Gasteiger partial charge < -0.3 is 15.5 Å². The normalized spacial score (nSPS) is 17.7. The Morgan fingerprint density at radius 2 is 1.93 bits per heavy atom. The molecular weight excluding hydrogens is 577 g/mol. The molecule has 2 aliphatic carbocycles. The summed E-state index contributed by atoms with van der Waals surface area (Å²) in [4.78, 5) is 15.2. The number of halogens is 2. The molecule has 0 bridgehead atoms. The van der Waals surface area contributed by atoms with E-state index in [9.17, 15) is 4.79 Å². The Morgan fingerprint density at radius 1 is 1.10 bits per heavy atom. The van der Waals surface area contributed by atoms with Crippen molar-refractivity contribution in [2.24, 2.45) is 5.41 Å². The minimum absolute atomic E-state index is 0.0699. The predicted molar refractivity (Wildman–Crippen MR) is 164 cm³/mol. The van der Waals surface area contributed by atoms with Crippen molar-refractivity contribution < 1.29 is 4.79 Å². The quantitative estimate of drug-likeness (QED) is 0.171. The molecule has 2 saturated carbocycles. The number of carbonyl (C=O) groups excluding carboxylic acids is 1. The summed E-state index contributed by atoms with van der Waals surface area (Å²) in [6.45, 7) is 5.51. The van der Waals surface area contributed by atoms with Gasteiger partial charge in [-0.3, -0.25) is 4.79 Å². The van der Waals surface area contributed by atoms with Crippen LogP contribution in [0.5, 0.6) is 0 Å². The molecule has 8 nitrogen and oxygen atoms in total. The highest BCUT2D eigenvalue weighted by molar-refractivity contribution is 7.99. The number of amides is 1. The maximum Gasteiger partial charge on any atom is 0.234 e. The Bertz CT molecular complexity index is 1470. The fraction of sp³-hybridized carbons (Fsp3) is 0.467. The third-order valence-electron chi connectivity index (χ3n) is 7.86. The maximum absolute atomic E-state index is 12.7. The van der Waals surface area contributed by atoms with Crippen LogP contribution in [0, 0.1) is 17.3 Å². The van der Waals surface area contributed by atoms with Crippen LogP contribution in [0.25, 0.3) is 5.69 Å². The van der Waals surface area contributed by atoms with Gasteiger partial charge in [0.05, 0.1) is 27.2 Å². The second-order valence-electron chi connectivity index (χ2n) is 11.1. The summed E-state index contributed by atoms with van der Waals surface area (Å²) in [5.41, 5.74) is 3.39. The molecule has 6 rings (SSSR count). The van der Waals surface area contributed by atoms with Crippen LogP contribution in [0.1, 0.15) is 55.6 Å². The molecule has 1 aromatic heterocycles. The summed E-state index contributed by atoms with van der Waals surface area (Å²) < 4.78 is 1.56. The van der Waals surface area contributed by atoms with Gasteiger partial charge in [0, 0.05) is 30.6 Å². The predicted octanol–water partition coefficient (Wildman–Crippen LogP) is 5.39. The highest BCUT2D eigenvalue weighted by Crippen LogP contribution is 2.44. The lowest BCUT2D eigenvalue weighted by molar-refractivity contribution is -0.113. The van der Waals surface area contributed by atoms with Crippen molar-refractivity contribution in [2.75, 3.05) is 43.8 Å². The fourth-order valence-corrected chi connectivity index (χ4v) is 6.25. The molecule has 214 valence electrons. The van der Waals surface area contributed by atoms with Gasteiger partial charge in [-0.15, -0.1) is 5.10 Å². The molecule has 0 unspecified atom stereocenters. The van der Waals surface area contributed by atoms with Crippen LogP contribution in [0.3, 0.4) is 0 Å². The number of rotatable bonds is 11. The van der Waals surface area contributed by atoms with Gasteiger partial charge in [0.15, 0.2) is 0 Å². The first kappa shape index (κ1) is 28.5. The van der Waals surface area contributed by atoms with Crippen LogP contribution in [0.4, 0.5) is 5.69 Å². The Hall–Kier alpha value is -2.61. The van der Waals surface area contributed by atoms with E-state index in [1.807, 2.05) is 24.3 Å². The van der Waals surface area contributed by atoms with Gasteiger partial charge in [-0.1, -0.05) is 52.9 Å². The van der Waals surface area contributed by atoms with Gasteiger partial charge in [0.2, 0.25) is 11.1 Å². The molecule has 2 aromatic carbocycles. The molecule has 11 heteroatoms. The molecule has 0 atom stereocenters. The number of nitrogens with one attached hydrogen (secondary N) is 2. The molecule has 0 radical (unpaired) electrons. The zero-order valence-corrected chi connectivity index (χ0v) is 25.2. The van der Waals surface area contributed by atoms with Crippen LogP contribution >= 0.6 is 35.0 Å². The Balaban J connectivity index is 0.997. The van der Waals surface area contributed by atoms with Crippen molar-refractivity contribution >= 4 is 46.6 Å². The number of hydrogen-bond donors (Lipinski definition) is 2. The lowest BCUT2D eigenvalue weighted by Crippen LogP contribution is -2.32. The first-order valence-corrected chi connectivity index (χ1v) is 16.0. The van der Waals surface area contributed by atoms with Crippen molar-refractivity contribution in [3.8, 4) is 17.5 Å². The van der Waals surface area contributed by atoms with E-state index in [0.717, 1.165) is 38.0 Å². The highest BCUT2D eigenvalue weighted by Gasteiger charge is 2.40. The zero-order valence-electron chi connectivity index (χ0n) is 22.8. The number of aromatic nitrogens is 4. The van der Waals surface area contributed by atoms with Crippen molar-refractivity contribution in [2.45, 2.75) is 49.6 Å². The number of thioether (sulfide) groups is 1. The minimum Gasteiger partial charge on any atom is -0.324 e. The van der Waals surface area contributed by atoms with Crippen LogP contribution in [0.2, 0.25) is 10.0 Å². The third kappa shape index (κ3) is 7.43. The second kappa shape index (κ2) is 12.7. The van der Waals surface area contributed by atoms with E-state index < -0.39 is 0 Å². The van der Waals surface area contributed by atoms with Gasteiger partial charge in [-0.25, -0.2) is 0 Å². The topological polar surface area (TPSA) is 88.0 Å². The number of nitrogens with zero attached hydrogens (tertiary/aromatic N) is 5. The number of carbonyl (C=O) groups is 1. The van der Waals surface area contributed by atoms with E-state index in [0.29, 0.717) is 32.5 Å². The molecule has 1 aliphatic heterocycles. The molecule has 3 fully saturated rings. The molecular formula is C30H33Cl2N7OS. The molecule has 3 aromatic rings. The first-order valence-electron chi connectivity index (χ1n) is 14.2. The van der Waals surface area contributed by atoms with Crippen molar-refractivity contribution in [1.82, 2.24) is 30.4 Å². The molecule has 0 spiro atoms. The number of hydrogen-bond acceptors (Lipinski definition) is 7. The molecule has 41 heavy (non-hydrogen) atoms. The van der Waals surface area contributed by atoms with E-state index in [1.165, 1.54) is 56.1 Å². The lowest BCUT2D eigenvalue weighted by Gasteiger charge is -2.16. The molecule has 3 aliphatic rings. The van der Waals surface area contributed by atoms with Crippen molar-refractivity contribution in [3.05, 3.63) is 57.6 Å². The Morgan fingerprint density at radius 3 is 2.66 bits per heavy atom. The summed E-state index contributed by atoms with van der Waals surface area (Å²) in [7, 11) is 0. The van der Waals surface area contributed by atoms with E-state index in [1.54, 1.807) is 10.7 Å². The van der Waals surface area contributed by atoms with E-state index in [-0.39, 0.29) is 17.1 Å². The first-order chi connectivity index (χ1) is 20.0. The van der Waals surface area contributed by atoms with E-state index in [4.69, 9.17) is 23.2 Å². The van der Waals surface area contributed by atoms with Gasteiger partial charge >= 0.3 is 0 Å². The van der Waals surface area contributed by atoms with E-state index in [2.05, 4.69) is 49.0 Å². The van der Waals surface area contributed by atoms with Crippen LogP contribution < -0.4 is 10.6 Å².